The number of anilines is 2. The van der Waals surface area contributed by atoms with Crippen molar-refractivity contribution in [1.82, 2.24) is 29.5 Å². The van der Waals surface area contributed by atoms with Gasteiger partial charge in [0.2, 0.25) is 5.95 Å². The van der Waals surface area contributed by atoms with E-state index in [1.54, 1.807) is 12.4 Å². The van der Waals surface area contributed by atoms with Crippen LogP contribution in [0.2, 0.25) is 0 Å². The Morgan fingerprint density at radius 3 is 2.70 bits per heavy atom. The van der Waals surface area contributed by atoms with Gasteiger partial charge in [0.05, 0.1) is 31.1 Å². The summed E-state index contributed by atoms with van der Waals surface area (Å²) in [6, 6.07) is 0.211. The van der Waals surface area contributed by atoms with Gasteiger partial charge >= 0.3 is 0 Å². The lowest BCUT2D eigenvalue weighted by Crippen LogP contribution is -2.44. The van der Waals surface area contributed by atoms with Gasteiger partial charge in [-0.05, 0) is 12.8 Å². The number of nitrogen functional groups attached to an aromatic ring is 1. The van der Waals surface area contributed by atoms with E-state index in [0.29, 0.717) is 25.0 Å². The highest BCUT2D eigenvalue weighted by atomic mass is 16.5. The number of nitrogens with two attached hydrogens (primary N) is 1. The third-order valence-electron chi connectivity index (χ3n) is 4.58. The van der Waals surface area contributed by atoms with E-state index in [1.807, 2.05) is 6.33 Å². The molecule has 0 aliphatic carbocycles. The van der Waals surface area contributed by atoms with Crippen LogP contribution in [0.15, 0.2) is 18.7 Å². The van der Waals surface area contributed by atoms with Crippen LogP contribution in [-0.2, 0) is 11.3 Å². The molecule has 2 N–H and O–H groups in total. The molecule has 4 rings (SSSR count). The van der Waals surface area contributed by atoms with Gasteiger partial charge in [-0.25, -0.2) is 24.9 Å². The van der Waals surface area contributed by atoms with Gasteiger partial charge in [-0.3, -0.25) is 0 Å². The topological polar surface area (TPSA) is 108 Å². The zero-order valence-corrected chi connectivity index (χ0v) is 15.8. The first-order valence-corrected chi connectivity index (χ1v) is 9.18. The lowest BCUT2D eigenvalue weighted by molar-refractivity contribution is 0.0987. The number of ether oxygens (including phenoxy) is 1. The summed E-state index contributed by atoms with van der Waals surface area (Å²) in [5.74, 6) is 2.10. The monoisotopic (exact) mass is 368 g/mol. The van der Waals surface area contributed by atoms with E-state index in [1.165, 1.54) is 0 Å². The number of morpholine rings is 1. The Kier molecular flexibility index (Phi) is 4.61. The van der Waals surface area contributed by atoms with E-state index in [4.69, 9.17) is 20.4 Å². The van der Waals surface area contributed by atoms with Crippen LogP contribution in [0.4, 0.5) is 11.8 Å². The molecule has 27 heavy (non-hydrogen) atoms. The number of hydrogen-bond donors (Lipinski definition) is 1. The summed E-state index contributed by atoms with van der Waals surface area (Å²) in [5, 5.41) is 0. The summed E-state index contributed by atoms with van der Waals surface area (Å²) in [7, 11) is 0. The Morgan fingerprint density at radius 2 is 2.00 bits per heavy atom. The molecule has 9 heteroatoms. The third-order valence-corrected chi connectivity index (χ3v) is 4.58. The predicted molar refractivity (Wildman–Crippen MR) is 103 cm³/mol. The van der Waals surface area contributed by atoms with Crippen LogP contribution in [0.3, 0.4) is 0 Å². The molecule has 0 unspecified atom stereocenters. The maximum absolute atomic E-state index is 5.62. The maximum Gasteiger partial charge on any atom is 0.219 e. The van der Waals surface area contributed by atoms with Crippen molar-refractivity contribution in [3.8, 4) is 11.4 Å². The minimum atomic E-state index is 0.211. The van der Waals surface area contributed by atoms with Gasteiger partial charge in [0, 0.05) is 25.5 Å². The van der Waals surface area contributed by atoms with Gasteiger partial charge in [-0.15, -0.1) is 0 Å². The fraction of sp³-hybridized carbons (Fsp3) is 0.500. The second-order valence-electron chi connectivity index (χ2n) is 7.28. The molecule has 0 amide bonds. The second kappa shape index (κ2) is 7.07. The molecule has 3 aromatic heterocycles. The summed E-state index contributed by atoms with van der Waals surface area (Å²) in [6.07, 6.45) is 5.15. The molecule has 0 saturated carbocycles. The smallest absolute Gasteiger partial charge is 0.219 e. The molecule has 0 aromatic carbocycles. The molecule has 0 radical (unpaired) electrons. The summed E-state index contributed by atoms with van der Waals surface area (Å²) in [6.45, 7) is 9.41. The quantitative estimate of drug-likeness (QED) is 0.742. The number of fused-ring (bicyclic) bond motifs is 1. The Bertz CT molecular complexity index is 936. The van der Waals surface area contributed by atoms with E-state index in [9.17, 15) is 0 Å². The first kappa shape index (κ1) is 17.6. The van der Waals surface area contributed by atoms with Crippen LogP contribution in [0.25, 0.3) is 22.6 Å². The molecule has 0 spiro atoms. The maximum atomic E-state index is 5.62. The van der Waals surface area contributed by atoms with Crippen LogP contribution in [0, 0.1) is 5.92 Å². The predicted octanol–water partition coefficient (Wildman–Crippen LogP) is 1.75. The Labute approximate surface area is 157 Å². The summed E-state index contributed by atoms with van der Waals surface area (Å²) >= 11 is 0. The lowest BCUT2D eigenvalue weighted by Gasteiger charge is -2.34. The number of nitrogens with zero attached hydrogens (tertiary/aromatic N) is 7. The molecule has 4 heterocycles. The van der Waals surface area contributed by atoms with Gasteiger partial charge in [0.15, 0.2) is 22.8 Å². The Hall–Kier alpha value is -2.81. The van der Waals surface area contributed by atoms with Crippen molar-refractivity contribution in [3.05, 3.63) is 18.7 Å². The normalized spacial score (nSPS) is 17.8. The van der Waals surface area contributed by atoms with E-state index >= 15 is 0 Å². The molecular weight excluding hydrogens is 344 g/mol. The third kappa shape index (κ3) is 3.42. The first-order chi connectivity index (χ1) is 13.0. The zero-order valence-electron chi connectivity index (χ0n) is 15.8. The fourth-order valence-corrected chi connectivity index (χ4v) is 3.28. The van der Waals surface area contributed by atoms with Gasteiger partial charge in [-0.2, -0.15) is 0 Å². The lowest BCUT2D eigenvalue weighted by atomic mass is 10.2. The summed E-state index contributed by atoms with van der Waals surface area (Å²) < 4.78 is 7.67. The summed E-state index contributed by atoms with van der Waals surface area (Å²) in [5.41, 5.74) is 7.98. The molecule has 1 aliphatic heterocycles. The average molecular weight is 368 g/mol. The number of hydrogen-bond acceptors (Lipinski definition) is 8. The molecule has 142 valence electrons. The SMILES string of the molecule is CC(C)Cn1cnc2c(N3CCOC[C@@H]3C)nc(-c3cnc(N)nc3)nc21. The van der Waals surface area contributed by atoms with Gasteiger partial charge in [0.25, 0.3) is 0 Å². The molecule has 1 saturated heterocycles. The van der Waals surface area contributed by atoms with E-state index in [0.717, 1.165) is 35.6 Å². The van der Waals surface area contributed by atoms with Crippen molar-refractivity contribution < 1.29 is 4.74 Å². The zero-order chi connectivity index (χ0) is 19.0. The van der Waals surface area contributed by atoms with Gasteiger partial charge < -0.3 is 19.9 Å². The summed E-state index contributed by atoms with van der Waals surface area (Å²) in [4.78, 5) is 24.6. The van der Waals surface area contributed by atoms with E-state index < -0.39 is 0 Å². The minimum Gasteiger partial charge on any atom is -0.377 e. The second-order valence-corrected chi connectivity index (χ2v) is 7.28. The molecule has 1 atom stereocenters. The van der Waals surface area contributed by atoms with E-state index in [-0.39, 0.29) is 12.0 Å². The molecule has 3 aromatic rings. The van der Waals surface area contributed by atoms with Crippen molar-refractivity contribution in [2.75, 3.05) is 30.4 Å². The van der Waals surface area contributed by atoms with Crippen molar-refractivity contribution in [2.24, 2.45) is 5.92 Å². The van der Waals surface area contributed by atoms with Crippen molar-refractivity contribution in [1.29, 1.82) is 0 Å². The number of aromatic nitrogens is 6. The highest BCUT2D eigenvalue weighted by Gasteiger charge is 2.25. The number of rotatable bonds is 4. The van der Waals surface area contributed by atoms with E-state index in [2.05, 4.69) is 45.2 Å². The molecular formula is C18H24N8O. The standard InChI is InChI=1S/C18H24N8O/c1-11(2)8-25-10-22-14-16(25)23-15(13-6-20-18(19)21-7-13)24-17(14)26-4-5-27-9-12(26)3/h6-7,10-12H,4-5,8-9H2,1-3H3,(H2,19,20,21)/t12-/m0/s1. The Morgan fingerprint density at radius 1 is 1.22 bits per heavy atom. The van der Waals surface area contributed by atoms with Crippen LogP contribution < -0.4 is 10.6 Å². The van der Waals surface area contributed by atoms with Crippen molar-refractivity contribution >= 4 is 22.9 Å². The van der Waals surface area contributed by atoms with Crippen LogP contribution in [-0.4, -0.2) is 55.3 Å². The molecule has 1 aliphatic rings. The molecule has 9 nitrogen and oxygen atoms in total. The van der Waals surface area contributed by atoms with Crippen molar-refractivity contribution in [3.63, 3.8) is 0 Å². The largest absolute Gasteiger partial charge is 0.377 e. The van der Waals surface area contributed by atoms with Crippen LogP contribution in [0.1, 0.15) is 20.8 Å². The highest BCUT2D eigenvalue weighted by molar-refractivity contribution is 5.86. The molecule has 1 fully saturated rings. The average Bonchev–Trinajstić information content (AvgIpc) is 3.04. The number of imidazole rings is 1. The van der Waals surface area contributed by atoms with Gasteiger partial charge in [0.1, 0.15) is 0 Å². The minimum absolute atomic E-state index is 0.211. The van der Waals surface area contributed by atoms with Crippen molar-refractivity contribution in [2.45, 2.75) is 33.4 Å². The van der Waals surface area contributed by atoms with Crippen LogP contribution in [0.5, 0.6) is 0 Å². The molecule has 0 bridgehead atoms. The highest BCUT2D eigenvalue weighted by Crippen LogP contribution is 2.29. The first-order valence-electron chi connectivity index (χ1n) is 9.18. The Balaban J connectivity index is 1.89. The fourth-order valence-electron chi connectivity index (χ4n) is 3.28. The van der Waals surface area contributed by atoms with Crippen LogP contribution >= 0.6 is 0 Å². The van der Waals surface area contributed by atoms with Gasteiger partial charge in [-0.1, -0.05) is 13.8 Å².